The molecule has 1 rings (SSSR count). The van der Waals surface area contributed by atoms with Crippen molar-refractivity contribution in [2.24, 2.45) is 10.7 Å². The van der Waals surface area contributed by atoms with Gasteiger partial charge in [0, 0.05) is 5.70 Å². The molecule has 2 N–H and O–H groups in total. The zero-order valence-corrected chi connectivity index (χ0v) is 10.9. The van der Waals surface area contributed by atoms with E-state index in [-0.39, 0.29) is 0 Å². The highest BCUT2D eigenvalue weighted by molar-refractivity contribution is 6.19. The van der Waals surface area contributed by atoms with E-state index in [4.69, 9.17) is 10.5 Å². The number of allylic oxidation sites excluding steroid dienone is 1. The van der Waals surface area contributed by atoms with Crippen LogP contribution in [0, 0.1) is 0 Å². The lowest BCUT2D eigenvalue weighted by Crippen LogP contribution is -2.18. The number of hydrogen-bond donors (Lipinski definition) is 1. The van der Waals surface area contributed by atoms with Gasteiger partial charge in [0.15, 0.2) is 0 Å². The molecule has 0 fully saturated rings. The molecule has 0 saturated heterocycles. The second-order valence-corrected chi connectivity index (χ2v) is 3.78. The molecule has 0 heterocycles. The van der Waals surface area contributed by atoms with Crippen LogP contribution in [0.25, 0.3) is 0 Å². The van der Waals surface area contributed by atoms with Gasteiger partial charge in [-0.25, -0.2) is 4.79 Å². The molecule has 18 heavy (non-hydrogen) atoms. The van der Waals surface area contributed by atoms with E-state index in [1.165, 1.54) is 7.11 Å². The van der Waals surface area contributed by atoms with Crippen LogP contribution in [0.15, 0.2) is 46.6 Å². The molecule has 0 aromatic heterocycles. The maximum atomic E-state index is 11.7. The average Bonchev–Trinajstić information content (AvgIpc) is 2.39. The highest BCUT2D eigenvalue weighted by Crippen LogP contribution is 2.15. The van der Waals surface area contributed by atoms with Crippen molar-refractivity contribution in [3.8, 4) is 0 Å². The van der Waals surface area contributed by atoms with Crippen molar-refractivity contribution in [1.82, 2.24) is 0 Å². The topological polar surface area (TPSA) is 64.7 Å². The van der Waals surface area contributed by atoms with Crippen LogP contribution < -0.4 is 5.73 Å². The van der Waals surface area contributed by atoms with Crippen LogP contribution in [0.5, 0.6) is 0 Å². The van der Waals surface area contributed by atoms with E-state index >= 15 is 0 Å². The number of benzene rings is 1. The van der Waals surface area contributed by atoms with Gasteiger partial charge in [0.25, 0.3) is 0 Å². The summed E-state index contributed by atoms with van der Waals surface area (Å²) in [6.07, 6.45) is 0.575. The average molecular weight is 246 g/mol. The predicted molar refractivity (Wildman–Crippen MR) is 72.7 cm³/mol. The van der Waals surface area contributed by atoms with Crippen molar-refractivity contribution in [2.75, 3.05) is 7.11 Å². The second kappa shape index (κ2) is 6.59. The maximum absolute atomic E-state index is 11.7. The highest BCUT2D eigenvalue weighted by atomic mass is 16.5. The van der Waals surface area contributed by atoms with Crippen LogP contribution in [0.2, 0.25) is 0 Å². The Morgan fingerprint density at radius 1 is 1.33 bits per heavy atom. The van der Waals surface area contributed by atoms with Crippen LogP contribution >= 0.6 is 0 Å². The molecule has 0 amide bonds. The summed E-state index contributed by atoms with van der Waals surface area (Å²) >= 11 is 0. The van der Waals surface area contributed by atoms with Gasteiger partial charge >= 0.3 is 5.97 Å². The molecule has 0 spiro atoms. The summed E-state index contributed by atoms with van der Waals surface area (Å²) in [5, 5.41) is 0. The van der Waals surface area contributed by atoms with Crippen LogP contribution in [-0.2, 0) is 9.53 Å². The van der Waals surface area contributed by atoms with Gasteiger partial charge in [-0.15, -0.1) is 0 Å². The fourth-order valence-electron chi connectivity index (χ4n) is 1.54. The van der Waals surface area contributed by atoms with E-state index in [0.717, 1.165) is 5.69 Å². The molecule has 0 atom stereocenters. The Balaban J connectivity index is 3.16. The molecule has 96 valence electrons. The Labute approximate surface area is 107 Å². The van der Waals surface area contributed by atoms with E-state index in [1.54, 1.807) is 6.92 Å². The minimum atomic E-state index is -0.452. The number of para-hydroxylation sites is 1. The summed E-state index contributed by atoms with van der Waals surface area (Å²) < 4.78 is 4.74. The SMILES string of the molecule is CCC(N)=C(C(=O)OC)C(C)=Nc1ccccc1. The molecule has 1 aromatic carbocycles. The summed E-state index contributed by atoms with van der Waals surface area (Å²) in [5.74, 6) is -0.452. The molecule has 0 radical (unpaired) electrons. The number of esters is 1. The number of nitrogens with zero attached hydrogens (tertiary/aromatic N) is 1. The molecule has 1 aromatic rings. The van der Waals surface area contributed by atoms with Gasteiger partial charge in [-0.2, -0.15) is 0 Å². The van der Waals surface area contributed by atoms with Crippen LogP contribution in [0.1, 0.15) is 20.3 Å². The first-order chi connectivity index (χ1) is 8.60. The summed E-state index contributed by atoms with van der Waals surface area (Å²) in [5.41, 5.74) is 8.02. The monoisotopic (exact) mass is 246 g/mol. The zero-order chi connectivity index (χ0) is 13.5. The van der Waals surface area contributed by atoms with Crippen molar-refractivity contribution in [3.63, 3.8) is 0 Å². The first kappa shape index (κ1) is 14.0. The number of carbonyl (C=O) groups is 1. The lowest BCUT2D eigenvalue weighted by molar-refractivity contribution is -0.135. The molecule has 4 heteroatoms. The minimum absolute atomic E-state index is 0.351. The summed E-state index contributed by atoms with van der Waals surface area (Å²) in [6, 6.07) is 9.40. The van der Waals surface area contributed by atoms with Crippen molar-refractivity contribution < 1.29 is 9.53 Å². The number of ether oxygens (including phenoxy) is 1. The normalized spacial score (nSPS) is 12.9. The molecular weight excluding hydrogens is 228 g/mol. The lowest BCUT2D eigenvalue weighted by Gasteiger charge is -2.08. The summed E-state index contributed by atoms with van der Waals surface area (Å²) in [4.78, 5) is 16.1. The number of methoxy groups -OCH3 is 1. The molecule has 0 saturated carbocycles. The Morgan fingerprint density at radius 2 is 1.94 bits per heavy atom. The Hall–Kier alpha value is -2.10. The number of aliphatic imine (C=N–C) groups is 1. The van der Waals surface area contributed by atoms with Gasteiger partial charge in [-0.05, 0) is 25.5 Å². The molecule has 0 aliphatic rings. The van der Waals surface area contributed by atoms with Gasteiger partial charge in [0.05, 0.1) is 24.1 Å². The maximum Gasteiger partial charge on any atom is 0.341 e. The number of carbonyl (C=O) groups excluding carboxylic acids is 1. The standard InChI is InChI=1S/C14H18N2O2/c1-4-12(15)13(14(17)18-3)10(2)16-11-8-6-5-7-9-11/h5-9H,4,15H2,1-3H3. The minimum Gasteiger partial charge on any atom is -0.465 e. The molecule has 0 bridgehead atoms. The van der Waals surface area contributed by atoms with E-state index in [0.29, 0.717) is 23.4 Å². The molecule has 0 unspecified atom stereocenters. The van der Waals surface area contributed by atoms with Gasteiger partial charge in [0.2, 0.25) is 0 Å². The molecule has 0 aliphatic carbocycles. The Morgan fingerprint density at radius 3 is 2.44 bits per heavy atom. The van der Waals surface area contributed by atoms with E-state index < -0.39 is 5.97 Å². The van der Waals surface area contributed by atoms with Crippen LogP contribution in [0.4, 0.5) is 5.69 Å². The van der Waals surface area contributed by atoms with E-state index in [9.17, 15) is 4.79 Å². The highest BCUT2D eigenvalue weighted by Gasteiger charge is 2.16. The third-order valence-electron chi connectivity index (χ3n) is 2.51. The Kier molecular flexibility index (Phi) is 5.11. The summed E-state index contributed by atoms with van der Waals surface area (Å²) in [6.45, 7) is 3.63. The first-order valence-corrected chi connectivity index (χ1v) is 5.77. The third-order valence-corrected chi connectivity index (χ3v) is 2.51. The summed E-state index contributed by atoms with van der Waals surface area (Å²) in [7, 11) is 1.33. The van der Waals surface area contributed by atoms with Crippen molar-refractivity contribution in [3.05, 3.63) is 41.6 Å². The zero-order valence-electron chi connectivity index (χ0n) is 10.9. The number of rotatable bonds is 4. The van der Waals surface area contributed by atoms with Gasteiger partial charge in [0.1, 0.15) is 0 Å². The van der Waals surface area contributed by atoms with Gasteiger partial charge in [-0.3, -0.25) is 4.99 Å². The molecular formula is C14H18N2O2. The largest absolute Gasteiger partial charge is 0.465 e. The molecule has 4 nitrogen and oxygen atoms in total. The van der Waals surface area contributed by atoms with Crippen LogP contribution in [0.3, 0.4) is 0 Å². The van der Waals surface area contributed by atoms with E-state index in [2.05, 4.69) is 4.99 Å². The van der Waals surface area contributed by atoms with Gasteiger partial charge < -0.3 is 10.5 Å². The lowest BCUT2D eigenvalue weighted by atomic mass is 10.1. The fourth-order valence-corrected chi connectivity index (χ4v) is 1.54. The first-order valence-electron chi connectivity index (χ1n) is 5.77. The van der Waals surface area contributed by atoms with Gasteiger partial charge in [-0.1, -0.05) is 25.1 Å². The quantitative estimate of drug-likeness (QED) is 0.504. The number of nitrogens with two attached hydrogens (primary N) is 1. The number of hydrogen-bond acceptors (Lipinski definition) is 4. The van der Waals surface area contributed by atoms with Crippen molar-refractivity contribution in [1.29, 1.82) is 0 Å². The van der Waals surface area contributed by atoms with Crippen molar-refractivity contribution in [2.45, 2.75) is 20.3 Å². The Bertz CT molecular complexity index is 476. The molecule has 0 aliphatic heterocycles. The second-order valence-electron chi connectivity index (χ2n) is 3.78. The fraction of sp³-hybridized carbons (Fsp3) is 0.286. The smallest absolute Gasteiger partial charge is 0.341 e. The van der Waals surface area contributed by atoms with E-state index in [1.807, 2.05) is 37.3 Å². The van der Waals surface area contributed by atoms with Crippen LogP contribution in [-0.4, -0.2) is 18.8 Å². The third kappa shape index (κ3) is 3.45. The predicted octanol–water partition coefficient (Wildman–Crippen LogP) is 2.57. The van der Waals surface area contributed by atoms with Crippen molar-refractivity contribution >= 4 is 17.4 Å².